The highest BCUT2D eigenvalue weighted by molar-refractivity contribution is 5.71. The molecule has 0 aliphatic heterocycles. The van der Waals surface area contributed by atoms with Crippen molar-refractivity contribution >= 4 is 17.9 Å². The molecule has 6 nitrogen and oxygen atoms in total. The monoisotopic (exact) mass is 911 g/mol. The van der Waals surface area contributed by atoms with Crippen molar-refractivity contribution in [1.82, 2.24) is 0 Å². The third-order valence-corrected chi connectivity index (χ3v) is 12.3. The van der Waals surface area contributed by atoms with Gasteiger partial charge in [0.15, 0.2) is 6.10 Å². The summed E-state index contributed by atoms with van der Waals surface area (Å²) in [7, 11) is 0. The van der Waals surface area contributed by atoms with E-state index in [1.54, 1.807) is 0 Å². The molecule has 65 heavy (non-hydrogen) atoms. The lowest BCUT2D eigenvalue weighted by atomic mass is 10.0. The molecule has 0 heterocycles. The van der Waals surface area contributed by atoms with E-state index in [2.05, 4.69) is 69.4 Å². The topological polar surface area (TPSA) is 78.9 Å². The number of esters is 3. The van der Waals surface area contributed by atoms with Crippen LogP contribution in [0, 0.1) is 0 Å². The molecule has 0 aliphatic carbocycles. The Kier molecular flexibility index (Phi) is 51.8. The van der Waals surface area contributed by atoms with Crippen LogP contribution in [0.15, 0.2) is 48.6 Å². The molecule has 0 radical (unpaired) electrons. The Morgan fingerprint density at radius 3 is 0.877 bits per heavy atom. The van der Waals surface area contributed by atoms with Gasteiger partial charge in [-0.2, -0.15) is 0 Å². The molecule has 0 aromatic heterocycles. The lowest BCUT2D eigenvalue weighted by molar-refractivity contribution is -0.167. The van der Waals surface area contributed by atoms with E-state index in [-0.39, 0.29) is 31.1 Å². The van der Waals surface area contributed by atoms with Crippen LogP contribution in [0.3, 0.4) is 0 Å². The van der Waals surface area contributed by atoms with E-state index >= 15 is 0 Å². The molecule has 0 fully saturated rings. The van der Waals surface area contributed by atoms with Crippen LogP contribution in [0.4, 0.5) is 0 Å². The SMILES string of the molecule is CCCCCCC/C=C\C/C=C\C/C=C\CCCCCCCCCCCCCCC(=O)OCC(COC(=O)CCCCCCCC)OC(=O)CCCCCCC/C=C\CCCCCCC. The molecule has 1 unspecified atom stereocenters. The number of hydrogen-bond acceptors (Lipinski definition) is 6. The van der Waals surface area contributed by atoms with Gasteiger partial charge in [-0.05, 0) is 83.5 Å². The molecule has 6 heteroatoms. The van der Waals surface area contributed by atoms with Crippen LogP contribution in [0.25, 0.3) is 0 Å². The molecular formula is C59H106O6. The quantitative estimate of drug-likeness (QED) is 0.0262. The highest BCUT2D eigenvalue weighted by atomic mass is 16.6. The molecule has 0 spiro atoms. The van der Waals surface area contributed by atoms with Crippen LogP contribution < -0.4 is 0 Å². The summed E-state index contributed by atoms with van der Waals surface area (Å²) in [5.41, 5.74) is 0. The second kappa shape index (κ2) is 54.0. The van der Waals surface area contributed by atoms with Crippen molar-refractivity contribution in [3.05, 3.63) is 48.6 Å². The summed E-state index contributed by atoms with van der Waals surface area (Å²) in [6.45, 7) is 6.57. The zero-order chi connectivity index (χ0) is 47.2. The molecule has 0 aromatic rings. The fourth-order valence-corrected chi connectivity index (χ4v) is 8.03. The van der Waals surface area contributed by atoms with Crippen LogP contribution in [0.1, 0.15) is 290 Å². The minimum Gasteiger partial charge on any atom is -0.462 e. The Balaban J connectivity index is 4.08. The van der Waals surface area contributed by atoms with E-state index in [0.717, 1.165) is 77.0 Å². The van der Waals surface area contributed by atoms with Gasteiger partial charge in [-0.25, -0.2) is 0 Å². The number of ether oxygens (including phenoxy) is 3. The Bertz CT molecular complexity index is 1140. The maximum absolute atomic E-state index is 12.7. The van der Waals surface area contributed by atoms with Crippen LogP contribution >= 0.6 is 0 Å². The second-order valence-electron chi connectivity index (χ2n) is 18.8. The van der Waals surface area contributed by atoms with E-state index in [9.17, 15) is 14.4 Å². The van der Waals surface area contributed by atoms with Crippen molar-refractivity contribution in [3.8, 4) is 0 Å². The number of rotatable bonds is 51. The molecule has 0 bridgehead atoms. The largest absolute Gasteiger partial charge is 0.462 e. The molecule has 0 rings (SSSR count). The van der Waals surface area contributed by atoms with E-state index in [1.807, 2.05) is 0 Å². The summed E-state index contributed by atoms with van der Waals surface area (Å²) in [4.78, 5) is 37.8. The van der Waals surface area contributed by atoms with Gasteiger partial charge < -0.3 is 14.2 Å². The Morgan fingerprint density at radius 1 is 0.308 bits per heavy atom. The van der Waals surface area contributed by atoms with Gasteiger partial charge in [-0.15, -0.1) is 0 Å². The Morgan fingerprint density at radius 2 is 0.554 bits per heavy atom. The standard InChI is InChI=1S/C59H106O6/c1-4-7-10-13-16-18-20-22-24-25-26-27-28-29-30-31-32-33-34-35-36-38-39-41-43-46-49-52-58(61)64-55-56(54-63-57(60)51-48-45-15-12-9-6-3)65-59(62)53-50-47-44-42-40-37-23-21-19-17-14-11-8-5-2/h20-23,25-26,28-29,56H,4-19,24,27,30-55H2,1-3H3/b22-20-,23-21-,26-25-,29-28-. The summed E-state index contributed by atoms with van der Waals surface area (Å²) in [5, 5.41) is 0. The van der Waals surface area contributed by atoms with Gasteiger partial charge in [-0.3, -0.25) is 14.4 Å². The third kappa shape index (κ3) is 52.2. The van der Waals surface area contributed by atoms with Gasteiger partial charge >= 0.3 is 17.9 Å². The van der Waals surface area contributed by atoms with Crippen molar-refractivity contribution in [2.24, 2.45) is 0 Å². The van der Waals surface area contributed by atoms with Gasteiger partial charge in [0.2, 0.25) is 0 Å². The lowest BCUT2D eigenvalue weighted by Crippen LogP contribution is -2.30. The fraction of sp³-hybridized carbons (Fsp3) is 0.814. The van der Waals surface area contributed by atoms with Crippen molar-refractivity contribution in [2.75, 3.05) is 13.2 Å². The first-order valence-corrected chi connectivity index (χ1v) is 28.1. The number of allylic oxidation sites excluding steroid dienone is 8. The zero-order valence-corrected chi connectivity index (χ0v) is 43.3. The van der Waals surface area contributed by atoms with Gasteiger partial charge in [-0.1, -0.05) is 236 Å². The predicted molar refractivity (Wildman–Crippen MR) is 279 cm³/mol. The minimum absolute atomic E-state index is 0.0756. The van der Waals surface area contributed by atoms with E-state index in [0.29, 0.717) is 19.3 Å². The van der Waals surface area contributed by atoms with Crippen molar-refractivity contribution in [3.63, 3.8) is 0 Å². The first-order valence-electron chi connectivity index (χ1n) is 28.1. The molecular weight excluding hydrogens is 805 g/mol. The molecule has 378 valence electrons. The second-order valence-corrected chi connectivity index (χ2v) is 18.8. The summed E-state index contributed by atoms with van der Waals surface area (Å²) < 4.78 is 16.7. The molecule has 0 amide bonds. The van der Waals surface area contributed by atoms with Gasteiger partial charge in [0, 0.05) is 19.3 Å². The Labute approximate surface area is 403 Å². The van der Waals surface area contributed by atoms with Gasteiger partial charge in [0.05, 0.1) is 0 Å². The van der Waals surface area contributed by atoms with Crippen molar-refractivity contribution in [2.45, 2.75) is 297 Å². The lowest BCUT2D eigenvalue weighted by Gasteiger charge is -2.18. The van der Waals surface area contributed by atoms with E-state index in [1.165, 1.54) is 173 Å². The molecule has 0 saturated heterocycles. The maximum atomic E-state index is 12.7. The highest BCUT2D eigenvalue weighted by Gasteiger charge is 2.19. The molecule has 1 atom stereocenters. The average molecular weight is 911 g/mol. The summed E-state index contributed by atoms with van der Waals surface area (Å²) >= 11 is 0. The summed E-state index contributed by atoms with van der Waals surface area (Å²) in [6.07, 6.45) is 65.6. The third-order valence-electron chi connectivity index (χ3n) is 12.3. The molecule has 0 saturated carbocycles. The van der Waals surface area contributed by atoms with Gasteiger partial charge in [0.25, 0.3) is 0 Å². The number of hydrogen-bond donors (Lipinski definition) is 0. The summed E-state index contributed by atoms with van der Waals surface area (Å²) in [6, 6.07) is 0. The first-order chi connectivity index (χ1) is 32.0. The molecule has 0 aromatic carbocycles. The Hall–Kier alpha value is -2.63. The maximum Gasteiger partial charge on any atom is 0.306 e. The fourth-order valence-electron chi connectivity index (χ4n) is 8.03. The van der Waals surface area contributed by atoms with Crippen molar-refractivity contribution < 1.29 is 28.6 Å². The van der Waals surface area contributed by atoms with E-state index < -0.39 is 6.10 Å². The number of carbonyl (C=O) groups excluding carboxylic acids is 3. The smallest absolute Gasteiger partial charge is 0.306 e. The average Bonchev–Trinajstić information content (AvgIpc) is 3.30. The van der Waals surface area contributed by atoms with Crippen LogP contribution in [-0.2, 0) is 28.6 Å². The zero-order valence-electron chi connectivity index (χ0n) is 43.3. The number of unbranched alkanes of at least 4 members (excludes halogenated alkanes) is 32. The van der Waals surface area contributed by atoms with Crippen LogP contribution in [0.2, 0.25) is 0 Å². The number of carbonyl (C=O) groups is 3. The molecule has 0 aliphatic rings. The van der Waals surface area contributed by atoms with Crippen LogP contribution in [0.5, 0.6) is 0 Å². The normalized spacial score (nSPS) is 12.4. The van der Waals surface area contributed by atoms with Crippen LogP contribution in [-0.4, -0.2) is 37.2 Å². The minimum atomic E-state index is -0.773. The van der Waals surface area contributed by atoms with E-state index in [4.69, 9.17) is 14.2 Å². The summed E-state index contributed by atoms with van der Waals surface area (Å²) in [5.74, 6) is -0.887. The first kappa shape index (κ1) is 62.4. The van der Waals surface area contributed by atoms with Gasteiger partial charge in [0.1, 0.15) is 13.2 Å². The van der Waals surface area contributed by atoms with Crippen molar-refractivity contribution in [1.29, 1.82) is 0 Å². The predicted octanol–water partition coefficient (Wildman–Crippen LogP) is 18.7. The molecule has 0 N–H and O–H groups in total. The highest BCUT2D eigenvalue weighted by Crippen LogP contribution is 2.15.